The molecule has 8 nitrogen and oxygen atoms in total. The van der Waals surface area contributed by atoms with Gasteiger partial charge in [0.15, 0.2) is 11.5 Å². The predicted octanol–water partition coefficient (Wildman–Crippen LogP) is 3.54. The van der Waals surface area contributed by atoms with E-state index >= 15 is 0 Å². The molecule has 3 rings (SSSR count). The first-order valence-corrected chi connectivity index (χ1v) is 10.8. The third-order valence-electron chi connectivity index (χ3n) is 4.98. The molecule has 0 saturated carbocycles. The highest BCUT2D eigenvalue weighted by molar-refractivity contribution is 5.96. The largest absolute Gasteiger partial charge is 0.508 e. The van der Waals surface area contributed by atoms with E-state index in [-0.39, 0.29) is 17.6 Å². The molecule has 0 heterocycles. The second-order valence-corrected chi connectivity index (χ2v) is 7.40. The van der Waals surface area contributed by atoms with Gasteiger partial charge in [-0.1, -0.05) is 36.4 Å². The van der Waals surface area contributed by atoms with Crippen LogP contribution in [0, 0.1) is 0 Å². The fourth-order valence-electron chi connectivity index (χ4n) is 3.23. The monoisotopic (exact) mass is 464 g/mol. The van der Waals surface area contributed by atoms with Crippen LogP contribution in [0.5, 0.6) is 23.0 Å². The molecular formula is C26H28N2O6. The van der Waals surface area contributed by atoms with Crippen LogP contribution in [0.25, 0.3) is 0 Å². The number of amides is 2. The van der Waals surface area contributed by atoms with Gasteiger partial charge in [0, 0.05) is 24.2 Å². The summed E-state index contributed by atoms with van der Waals surface area (Å²) >= 11 is 0. The highest BCUT2D eigenvalue weighted by Gasteiger charge is 2.18. The molecule has 0 aliphatic rings. The zero-order chi connectivity index (χ0) is 24.3. The molecule has 2 amide bonds. The lowest BCUT2D eigenvalue weighted by atomic mass is 10.1. The van der Waals surface area contributed by atoms with Gasteiger partial charge in [-0.25, -0.2) is 0 Å². The summed E-state index contributed by atoms with van der Waals surface area (Å²) in [6.45, 7) is 1.05. The normalized spacial score (nSPS) is 10.3. The van der Waals surface area contributed by atoms with Crippen molar-refractivity contribution >= 4 is 11.8 Å². The van der Waals surface area contributed by atoms with E-state index in [2.05, 4.69) is 10.6 Å². The third-order valence-corrected chi connectivity index (χ3v) is 4.98. The molecule has 0 bridgehead atoms. The van der Waals surface area contributed by atoms with Crippen LogP contribution < -0.4 is 24.8 Å². The molecule has 178 valence electrons. The summed E-state index contributed by atoms with van der Waals surface area (Å²) in [7, 11) is 3.00. The second-order valence-electron chi connectivity index (χ2n) is 7.40. The van der Waals surface area contributed by atoms with Crippen molar-refractivity contribution in [3.63, 3.8) is 0 Å². The van der Waals surface area contributed by atoms with Crippen LogP contribution in [-0.4, -0.2) is 44.2 Å². The van der Waals surface area contributed by atoms with Gasteiger partial charge in [0.05, 0.1) is 14.2 Å². The number of rotatable bonds is 11. The Balaban J connectivity index is 1.54. The number of phenolic OH excluding ortho intramolecular Hbond substituents is 1. The van der Waals surface area contributed by atoms with Crippen LogP contribution in [0.2, 0.25) is 0 Å². The van der Waals surface area contributed by atoms with Crippen molar-refractivity contribution in [1.29, 1.82) is 0 Å². The summed E-state index contributed by atoms with van der Waals surface area (Å²) in [5.74, 6) is 0.633. The number of hydrogen-bond donors (Lipinski definition) is 3. The highest BCUT2D eigenvalue weighted by Crippen LogP contribution is 2.39. The molecular weight excluding hydrogens is 436 g/mol. The molecule has 0 radical (unpaired) electrons. The summed E-state index contributed by atoms with van der Waals surface area (Å²) in [4.78, 5) is 24.7. The maximum atomic E-state index is 12.6. The lowest BCUT2D eigenvalue weighted by Gasteiger charge is -2.16. The molecule has 0 fully saturated rings. The second kappa shape index (κ2) is 12.2. The van der Waals surface area contributed by atoms with E-state index in [0.717, 1.165) is 5.56 Å². The summed E-state index contributed by atoms with van der Waals surface area (Å²) in [6, 6.07) is 19.0. The zero-order valence-corrected chi connectivity index (χ0v) is 19.2. The summed E-state index contributed by atoms with van der Waals surface area (Å²) in [6.07, 6.45) is 0.531. The molecule has 3 aromatic carbocycles. The van der Waals surface area contributed by atoms with Gasteiger partial charge in [-0.2, -0.15) is 0 Å². The Morgan fingerprint density at radius 1 is 0.794 bits per heavy atom. The Labute approximate surface area is 198 Å². The van der Waals surface area contributed by atoms with Crippen molar-refractivity contribution < 1.29 is 28.9 Å². The van der Waals surface area contributed by atoms with E-state index in [1.807, 2.05) is 30.3 Å². The molecule has 3 aromatic rings. The average molecular weight is 465 g/mol. The zero-order valence-electron chi connectivity index (χ0n) is 19.2. The molecule has 0 atom stereocenters. The first-order valence-electron chi connectivity index (χ1n) is 10.8. The van der Waals surface area contributed by atoms with Crippen LogP contribution in [0.1, 0.15) is 32.7 Å². The molecule has 8 heteroatoms. The number of aromatic hydroxyl groups is 1. The smallest absolute Gasteiger partial charge is 0.251 e. The summed E-state index contributed by atoms with van der Waals surface area (Å²) in [5, 5.41) is 15.0. The number of ether oxygens (including phenoxy) is 3. The van der Waals surface area contributed by atoms with Crippen molar-refractivity contribution in [2.24, 2.45) is 0 Å². The fraction of sp³-hybridized carbons (Fsp3) is 0.231. The minimum absolute atomic E-state index is 0.0299. The van der Waals surface area contributed by atoms with Gasteiger partial charge in [0.1, 0.15) is 12.4 Å². The molecule has 3 N–H and O–H groups in total. The van der Waals surface area contributed by atoms with Crippen LogP contribution in [0.4, 0.5) is 0 Å². The average Bonchev–Trinajstić information content (AvgIpc) is 2.87. The van der Waals surface area contributed by atoms with E-state index in [0.29, 0.717) is 54.5 Å². The first-order chi connectivity index (χ1) is 16.5. The number of methoxy groups -OCH3 is 2. The molecule has 0 aromatic heterocycles. The summed E-state index contributed by atoms with van der Waals surface area (Å²) in [5.41, 5.74) is 1.73. The van der Waals surface area contributed by atoms with Crippen LogP contribution in [-0.2, 0) is 6.61 Å². The predicted molar refractivity (Wildman–Crippen MR) is 128 cm³/mol. The van der Waals surface area contributed by atoms with E-state index in [9.17, 15) is 14.7 Å². The standard InChI is InChI=1S/C26H28N2O6/c1-32-22-15-20(16-23(33-2)24(22)34-17-18-8-4-3-5-9-18)26(31)28-13-7-12-27-25(30)19-10-6-11-21(29)14-19/h3-6,8-11,14-16,29H,7,12-13,17H2,1-2H3,(H,27,30)(H,28,31). The maximum absolute atomic E-state index is 12.6. The minimum atomic E-state index is -0.300. The number of nitrogens with one attached hydrogen (secondary N) is 2. The highest BCUT2D eigenvalue weighted by atomic mass is 16.5. The van der Waals surface area contributed by atoms with E-state index in [4.69, 9.17) is 14.2 Å². The molecule has 0 aliphatic heterocycles. The first kappa shape index (κ1) is 24.4. The van der Waals surface area contributed by atoms with Crippen molar-refractivity contribution in [2.75, 3.05) is 27.3 Å². The molecule has 0 aliphatic carbocycles. The van der Waals surface area contributed by atoms with Gasteiger partial charge in [0.25, 0.3) is 11.8 Å². The van der Waals surface area contributed by atoms with Crippen molar-refractivity contribution in [2.45, 2.75) is 13.0 Å². The number of hydrogen-bond acceptors (Lipinski definition) is 6. The van der Waals surface area contributed by atoms with Crippen LogP contribution >= 0.6 is 0 Å². The molecule has 34 heavy (non-hydrogen) atoms. The quantitative estimate of drug-likeness (QED) is 0.375. The number of benzene rings is 3. The Morgan fingerprint density at radius 2 is 1.41 bits per heavy atom. The Morgan fingerprint density at radius 3 is 2.00 bits per heavy atom. The van der Waals surface area contributed by atoms with E-state index in [1.165, 1.54) is 26.4 Å². The van der Waals surface area contributed by atoms with Gasteiger partial charge >= 0.3 is 0 Å². The van der Waals surface area contributed by atoms with Gasteiger partial charge in [-0.3, -0.25) is 9.59 Å². The number of carbonyl (C=O) groups is 2. The number of carbonyl (C=O) groups excluding carboxylic acids is 2. The Bertz CT molecular complexity index is 1090. The lowest BCUT2D eigenvalue weighted by Crippen LogP contribution is -2.30. The van der Waals surface area contributed by atoms with Gasteiger partial charge in [-0.05, 0) is 42.3 Å². The van der Waals surface area contributed by atoms with E-state index in [1.54, 1.807) is 24.3 Å². The molecule has 0 spiro atoms. The SMILES string of the molecule is COc1cc(C(=O)NCCCNC(=O)c2cccc(O)c2)cc(OC)c1OCc1ccccc1. The Hall–Kier alpha value is -4.20. The summed E-state index contributed by atoms with van der Waals surface area (Å²) < 4.78 is 16.8. The van der Waals surface area contributed by atoms with Crippen molar-refractivity contribution in [3.05, 3.63) is 83.4 Å². The maximum Gasteiger partial charge on any atom is 0.251 e. The Kier molecular flexibility index (Phi) is 8.73. The van der Waals surface area contributed by atoms with Crippen LogP contribution in [0.15, 0.2) is 66.7 Å². The van der Waals surface area contributed by atoms with Gasteiger partial charge in [0.2, 0.25) is 5.75 Å². The molecule has 0 saturated heterocycles. The molecule has 0 unspecified atom stereocenters. The third kappa shape index (κ3) is 6.65. The van der Waals surface area contributed by atoms with Crippen molar-refractivity contribution in [1.82, 2.24) is 10.6 Å². The van der Waals surface area contributed by atoms with E-state index < -0.39 is 0 Å². The van der Waals surface area contributed by atoms with Gasteiger partial charge < -0.3 is 30.0 Å². The lowest BCUT2D eigenvalue weighted by molar-refractivity contribution is 0.0951. The topological polar surface area (TPSA) is 106 Å². The fourth-order valence-corrected chi connectivity index (χ4v) is 3.23. The minimum Gasteiger partial charge on any atom is -0.508 e. The number of phenols is 1. The van der Waals surface area contributed by atoms with Gasteiger partial charge in [-0.15, -0.1) is 0 Å². The van der Waals surface area contributed by atoms with Crippen LogP contribution in [0.3, 0.4) is 0 Å². The van der Waals surface area contributed by atoms with Crippen molar-refractivity contribution in [3.8, 4) is 23.0 Å².